The molecule has 0 aliphatic carbocycles. The maximum Gasteiger partial charge on any atom is 0.119 e. The Kier molecular flexibility index (Phi) is 7.17. The van der Waals surface area contributed by atoms with Gasteiger partial charge in [-0.1, -0.05) is 18.5 Å². The smallest absolute Gasteiger partial charge is 0.119 e. The van der Waals surface area contributed by atoms with Gasteiger partial charge in [0.2, 0.25) is 0 Å². The van der Waals surface area contributed by atoms with Crippen LogP contribution in [0.2, 0.25) is 4.34 Å². The summed E-state index contributed by atoms with van der Waals surface area (Å²) in [5.41, 5.74) is 0. The van der Waals surface area contributed by atoms with Gasteiger partial charge in [0.15, 0.2) is 0 Å². The van der Waals surface area contributed by atoms with Crippen LogP contribution in [0.25, 0.3) is 0 Å². The van der Waals surface area contributed by atoms with E-state index in [0.717, 1.165) is 28.9 Å². The third kappa shape index (κ3) is 6.03. The van der Waals surface area contributed by atoms with Gasteiger partial charge in [-0.3, -0.25) is 4.90 Å². The molecule has 2 rings (SSSR count). The topological polar surface area (TPSA) is 41.9 Å². The highest BCUT2D eigenvalue weighted by atomic mass is 35.5. The number of nitrogens with zero attached hydrogens (tertiary/aromatic N) is 1. The third-order valence-corrected chi connectivity index (χ3v) is 4.64. The number of aliphatic hydroxyl groups is 1. The SMILES string of the molecule is CCN(Cc1ccc(Cl)s1)CC(O)COc1ccc(OC)cc1. The molecule has 0 radical (unpaired) electrons. The lowest BCUT2D eigenvalue weighted by Crippen LogP contribution is -2.35. The monoisotopic (exact) mass is 355 g/mol. The standard InChI is InChI=1S/C17H22ClNO3S/c1-3-19(11-16-8-9-17(18)23-16)10-13(20)12-22-15-6-4-14(21-2)5-7-15/h4-9,13,20H,3,10-12H2,1-2H3. The van der Waals surface area contributed by atoms with Crippen LogP contribution in [0.3, 0.4) is 0 Å². The molecule has 126 valence electrons. The summed E-state index contributed by atoms with van der Waals surface area (Å²) in [4.78, 5) is 3.37. The normalized spacial score (nSPS) is 12.4. The maximum atomic E-state index is 10.2. The molecule has 1 heterocycles. The Labute approximate surface area is 146 Å². The summed E-state index contributed by atoms with van der Waals surface area (Å²) in [7, 11) is 1.62. The van der Waals surface area contributed by atoms with Crippen LogP contribution in [0.1, 0.15) is 11.8 Å². The van der Waals surface area contributed by atoms with Crippen molar-refractivity contribution in [1.29, 1.82) is 0 Å². The molecule has 0 bridgehead atoms. The molecule has 0 fully saturated rings. The zero-order chi connectivity index (χ0) is 16.7. The minimum Gasteiger partial charge on any atom is -0.497 e. The van der Waals surface area contributed by atoms with Crippen LogP contribution in [0.15, 0.2) is 36.4 Å². The average Bonchev–Trinajstić information content (AvgIpc) is 2.97. The minimum atomic E-state index is -0.549. The van der Waals surface area contributed by atoms with Crippen LogP contribution in [0, 0.1) is 0 Å². The van der Waals surface area contributed by atoms with Crippen molar-refractivity contribution in [2.45, 2.75) is 19.6 Å². The number of rotatable bonds is 9. The van der Waals surface area contributed by atoms with Crippen LogP contribution >= 0.6 is 22.9 Å². The molecule has 0 saturated heterocycles. The zero-order valence-corrected chi connectivity index (χ0v) is 14.9. The second kappa shape index (κ2) is 9.13. The fourth-order valence-corrected chi connectivity index (χ4v) is 3.31. The molecule has 0 aliphatic heterocycles. The lowest BCUT2D eigenvalue weighted by molar-refractivity contribution is 0.0678. The van der Waals surface area contributed by atoms with Crippen molar-refractivity contribution in [3.8, 4) is 11.5 Å². The molecule has 0 amide bonds. The number of thiophene rings is 1. The first-order valence-electron chi connectivity index (χ1n) is 7.52. The Balaban J connectivity index is 1.78. The van der Waals surface area contributed by atoms with Gasteiger partial charge in [0.25, 0.3) is 0 Å². The number of ether oxygens (including phenoxy) is 2. The van der Waals surface area contributed by atoms with Crippen molar-refractivity contribution in [2.24, 2.45) is 0 Å². The fourth-order valence-electron chi connectivity index (χ4n) is 2.18. The van der Waals surface area contributed by atoms with Crippen LogP contribution in [-0.2, 0) is 6.54 Å². The molecule has 1 unspecified atom stereocenters. The molecule has 23 heavy (non-hydrogen) atoms. The molecular formula is C17H22ClNO3S. The second-order valence-electron chi connectivity index (χ2n) is 5.17. The van der Waals surface area contributed by atoms with Gasteiger partial charge in [-0.25, -0.2) is 0 Å². The van der Waals surface area contributed by atoms with Gasteiger partial charge in [-0.05, 0) is 42.9 Å². The Morgan fingerprint density at radius 3 is 2.43 bits per heavy atom. The predicted molar refractivity (Wildman–Crippen MR) is 94.8 cm³/mol. The lowest BCUT2D eigenvalue weighted by Gasteiger charge is -2.23. The van der Waals surface area contributed by atoms with Gasteiger partial charge in [-0.15, -0.1) is 11.3 Å². The Hall–Kier alpha value is -1.27. The van der Waals surface area contributed by atoms with Crippen LogP contribution < -0.4 is 9.47 Å². The van der Waals surface area contributed by atoms with E-state index >= 15 is 0 Å². The van der Waals surface area contributed by atoms with Crippen molar-refractivity contribution in [1.82, 2.24) is 4.90 Å². The summed E-state index contributed by atoms with van der Waals surface area (Å²) in [5, 5.41) is 10.2. The van der Waals surface area contributed by atoms with Gasteiger partial charge in [0, 0.05) is 18.0 Å². The zero-order valence-electron chi connectivity index (χ0n) is 13.4. The summed E-state index contributed by atoms with van der Waals surface area (Å²) in [6, 6.07) is 11.3. The van der Waals surface area contributed by atoms with Gasteiger partial charge in [-0.2, -0.15) is 0 Å². The van der Waals surface area contributed by atoms with Crippen molar-refractivity contribution in [2.75, 3.05) is 26.8 Å². The van der Waals surface area contributed by atoms with Gasteiger partial charge in [0.05, 0.1) is 11.4 Å². The lowest BCUT2D eigenvalue weighted by atomic mass is 10.3. The average molecular weight is 356 g/mol. The van der Waals surface area contributed by atoms with Crippen LogP contribution in [0.5, 0.6) is 11.5 Å². The highest BCUT2D eigenvalue weighted by molar-refractivity contribution is 7.16. The number of halogens is 1. The van der Waals surface area contributed by atoms with Crippen LogP contribution in [-0.4, -0.2) is 42.9 Å². The number of aliphatic hydroxyl groups excluding tert-OH is 1. The van der Waals surface area contributed by atoms with Crippen molar-refractivity contribution in [3.63, 3.8) is 0 Å². The van der Waals surface area contributed by atoms with E-state index in [9.17, 15) is 5.11 Å². The van der Waals surface area contributed by atoms with E-state index in [1.165, 1.54) is 4.88 Å². The molecular weight excluding hydrogens is 334 g/mol. The summed E-state index contributed by atoms with van der Waals surface area (Å²) in [6.45, 7) is 4.53. The van der Waals surface area contributed by atoms with E-state index in [0.29, 0.717) is 6.54 Å². The van der Waals surface area contributed by atoms with E-state index in [4.69, 9.17) is 21.1 Å². The third-order valence-electron chi connectivity index (χ3n) is 3.43. The molecule has 2 aromatic rings. The van der Waals surface area contributed by atoms with E-state index in [1.54, 1.807) is 18.4 Å². The molecule has 0 saturated carbocycles. The van der Waals surface area contributed by atoms with E-state index in [-0.39, 0.29) is 6.61 Å². The molecule has 1 atom stereocenters. The first-order valence-corrected chi connectivity index (χ1v) is 8.71. The molecule has 4 nitrogen and oxygen atoms in total. The molecule has 0 aliphatic rings. The van der Waals surface area contributed by atoms with E-state index < -0.39 is 6.10 Å². The Bertz CT molecular complexity index is 588. The van der Waals surface area contributed by atoms with Gasteiger partial charge >= 0.3 is 0 Å². The van der Waals surface area contributed by atoms with E-state index in [2.05, 4.69) is 11.8 Å². The Morgan fingerprint density at radius 1 is 1.17 bits per heavy atom. The minimum absolute atomic E-state index is 0.258. The van der Waals surface area contributed by atoms with Gasteiger partial charge < -0.3 is 14.6 Å². The summed E-state index contributed by atoms with van der Waals surface area (Å²) < 4.78 is 11.5. The molecule has 1 aromatic carbocycles. The first kappa shape index (κ1) is 18.1. The quantitative estimate of drug-likeness (QED) is 0.745. The highest BCUT2D eigenvalue weighted by Gasteiger charge is 2.13. The van der Waals surface area contributed by atoms with Gasteiger partial charge in [0.1, 0.15) is 24.2 Å². The number of hydrogen-bond acceptors (Lipinski definition) is 5. The number of methoxy groups -OCH3 is 1. The maximum absolute atomic E-state index is 10.2. The number of likely N-dealkylation sites (N-methyl/N-ethyl adjacent to an activating group) is 1. The predicted octanol–water partition coefficient (Wildman–Crippen LogP) is 3.67. The summed E-state index contributed by atoms with van der Waals surface area (Å²) in [6.07, 6.45) is -0.549. The highest BCUT2D eigenvalue weighted by Crippen LogP contribution is 2.23. The van der Waals surface area contributed by atoms with Crippen molar-refractivity contribution >= 4 is 22.9 Å². The number of benzene rings is 1. The van der Waals surface area contributed by atoms with Crippen LogP contribution in [0.4, 0.5) is 0 Å². The number of hydrogen-bond donors (Lipinski definition) is 1. The first-order chi connectivity index (χ1) is 11.1. The van der Waals surface area contributed by atoms with Crippen molar-refractivity contribution in [3.05, 3.63) is 45.6 Å². The molecule has 6 heteroatoms. The fraction of sp³-hybridized carbons (Fsp3) is 0.412. The summed E-state index contributed by atoms with van der Waals surface area (Å²) >= 11 is 7.52. The summed E-state index contributed by atoms with van der Waals surface area (Å²) in [5.74, 6) is 1.50. The molecule has 1 aromatic heterocycles. The molecule has 1 N–H and O–H groups in total. The largest absolute Gasteiger partial charge is 0.497 e. The van der Waals surface area contributed by atoms with E-state index in [1.807, 2.05) is 36.4 Å². The molecule has 0 spiro atoms. The van der Waals surface area contributed by atoms with Crippen molar-refractivity contribution < 1.29 is 14.6 Å². The second-order valence-corrected chi connectivity index (χ2v) is 6.97. The Morgan fingerprint density at radius 2 is 1.87 bits per heavy atom.